The molecule has 0 bridgehead atoms. The molecule has 0 aliphatic heterocycles. The van der Waals surface area contributed by atoms with Crippen LogP contribution < -0.4 is 10.9 Å². The van der Waals surface area contributed by atoms with E-state index in [-0.39, 0.29) is 11.3 Å². The largest absolute Gasteiger partial charge is 0.352 e. The number of hydrogen-bond donors (Lipinski definition) is 2. The minimum Gasteiger partial charge on any atom is -0.352 e. The molecular formula is C13H16N2O3. The number of ketones is 1. The zero-order valence-electron chi connectivity index (χ0n) is 10.3. The molecule has 5 heteroatoms. The molecule has 0 saturated carbocycles. The highest BCUT2D eigenvalue weighted by Gasteiger charge is 2.21. The molecule has 1 amide bonds. The summed E-state index contributed by atoms with van der Waals surface area (Å²) in [5, 5.41) is 2.64. The van der Waals surface area contributed by atoms with E-state index in [4.69, 9.17) is 0 Å². The molecule has 0 unspecified atom stereocenters. The Morgan fingerprint density at radius 2 is 2.17 bits per heavy atom. The van der Waals surface area contributed by atoms with Gasteiger partial charge >= 0.3 is 0 Å². The third kappa shape index (κ3) is 2.34. The number of H-pyrrole nitrogens is 1. The maximum Gasteiger partial charge on any atom is 0.261 e. The predicted molar refractivity (Wildman–Crippen MR) is 67.0 cm³/mol. The van der Waals surface area contributed by atoms with Crippen LogP contribution in [0.5, 0.6) is 0 Å². The van der Waals surface area contributed by atoms with Crippen molar-refractivity contribution in [2.45, 2.75) is 32.6 Å². The van der Waals surface area contributed by atoms with Crippen LogP contribution in [0.15, 0.2) is 10.9 Å². The van der Waals surface area contributed by atoms with Crippen molar-refractivity contribution in [1.82, 2.24) is 10.3 Å². The fourth-order valence-corrected chi connectivity index (χ4v) is 2.08. The predicted octanol–water partition coefficient (Wildman–Crippen LogP) is 1.03. The highest BCUT2D eigenvalue weighted by atomic mass is 16.2. The number of fused-ring (bicyclic) bond motifs is 1. The first kappa shape index (κ1) is 12.5. The van der Waals surface area contributed by atoms with E-state index >= 15 is 0 Å². The minimum absolute atomic E-state index is 0.00274. The molecule has 0 saturated heterocycles. The van der Waals surface area contributed by atoms with Crippen molar-refractivity contribution in [3.8, 4) is 0 Å². The number of rotatable bonds is 3. The summed E-state index contributed by atoms with van der Waals surface area (Å²) in [7, 11) is 0. The van der Waals surface area contributed by atoms with E-state index in [1.807, 2.05) is 6.92 Å². The number of Topliss-reactive ketones (excluding diaryl/α,β-unsaturated/α-hetero) is 1. The molecule has 0 spiro atoms. The van der Waals surface area contributed by atoms with Gasteiger partial charge in [-0.15, -0.1) is 0 Å². The standard InChI is InChI=1S/C13H16N2O3/c1-2-6-14-12(17)9-7-8-10(15-13(9)18)4-3-5-11(8)16/h7H,2-6H2,1H3,(H,14,17)(H,15,18). The summed E-state index contributed by atoms with van der Waals surface area (Å²) in [6.07, 6.45) is 2.72. The Bertz CT molecular complexity index is 546. The second-order valence-corrected chi connectivity index (χ2v) is 4.44. The molecule has 18 heavy (non-hydrogen) atoms. The van der Waals surface area contributed by atoms with Crippen LogP contribution in [0.25, 0.3) is 0 Å². The summed E-state index contributed by atoms with van der Waals surface area (Å²) in [6, 6.07) is 1.43. The molecule has 0 atom stereocenters. The molecule has 2 N–H and O–H groups in total. The Balaban J connectivity index is 2.37. The van der Waals surface area contributed by atoms with E-state index in [0.717, 1.165) is 12.8 Å². The Labute approximate surface area is 105 Å². The van der Waals surface area contributed by atoms with Crippen molar-refractivity contribution in [3.05, 3.63) is 33.2 Å². The van der Waals surface area contributed by atoms with Crippen molar-refractivity contribution in [3.63, 3.8) is 0 Å². The Hall–Kier alpha value is -1.91. The van der Waals surface area contributed by atoms with E-state index in [9.17, 15) is 14.4 Å². The second kappa shape index (κ2) is 5.16. The first-order valence-corrected chi connectivity index (χ1v) is 6.21. The first-order chi connectivity index (χ1) is 8.63. The van der Waals surface area contributed by atoms with Crippen LogP contribution in [-0.4, -0.2) is 23.2 Å². The van der Waals surface area contributed by atoms with Crippen LogP contribution in [0, 0.1) is 0 Å². The molecule has 2 rings (SSSR count). The van der Waals surface area contributed by atoms with E-state index < -0.39 is 11.5 Å². The highest BCUT2D eigenvalue weighted by molar-refractivity contribution is 6.01. The highest BCUT2D eigenvalue weighted by Crippen LogP contribution is 2.18. The van der Waals surface area contributed by atoms with E-state index in [2.05, 4.69) is 10.3 Å². The van der Waals surface area contributed by atoms with Crippen molar-refractivity contribution < 1.29 is 9.59 Å². The molecule has 1 aliphatic carbocycles. The van der Waals surface area contributed by atoms with Gasteiger partial charge in [0.15, 0.2) is 5.78 Å². The lowest BCUT2D eigenvalue weighted by Crippen LogP contribution is -2.32. The third-order valence-electron chi connectivity index (χ3n) is 3.03. The van der Waals surface area contributed by atoms with Crippen LogP contribution >= 0.6 is 0 Å². The monoisotopic (exact) mass is 248 g/mol. The second-order valence-electron chi connectivity index (χ2n) is 4.44. The molecule has 0 aromatic carbocycles. The van der Waals surface area contributed by atoms with Crippen LogP contribution in [0.4, 0.5) is 0 Å². The summed E-state index contributed by atoms with van der Waals surface area (Å²) < 4.78 is 0. The van der Waals surface area contributed by atoms with Crippen molar-refractivity contribution in [1.29, 1.82) is 0 Å². The third-order valence-corrected chi connectivity index (χ3v) is 3.03. The van der Waals surface area contributed by atoms with Gasteiger partial charge in [-0.1, -0.05) is 6.92 Å². The van der Waals surface area contributed by atoms with Crippen LogP contribution in [-0.2, 0) is 6.42 Å². The molecule has 5 nitrogen and oxygen atoms in total. The van der Waals surface area contributed by atoms with E-state index in [0.29, 0.717) is 30.6 Å². The van der Waals surface area contributed by atoms with Gasteiger partial charge in [0.2, 0.25) is 0 Å². The van der Waals surface area contributed by atoms with Gasteiger partial charge in [-0.3, -0.25) is 14.4 Å². The molecule has 1 aliphatic rings. The SMILES string of the molecule is CCCNC(=O)c1cc2c([nH]c1=O)CCCC2=O. The lowest BCUT2D eigenvalue weighted by atomic mass is 9.93. The van der Waals surface area contributed by atoms with E-state index in [1.165, 1.54) is 6.07 Å². The summed E-state index contributed by atoms with van der Waals surface area (Å²) in [6.45, 7) is 2.45. The lowest BCUT2D eigenvalue weighted by molar-refractivity contribution is 0.0952. The van der Waals surface area contributed by atoms with Gasteiger partial charge in [0.05, 0.1) is 0 Å². The summed E-state index contributed by atoms with van der Waals surface area (Å²) in [5.74, 6) is -0.420. The van der Waals surface area contributed by atoms with Crippen molar-refractivity contribution in [2.75, 3.05) is 6.54 Å². The van der Waals surface area contributed by atoms with Gasteiger partial charge in [0, 0.05) is 24.2 Å². The number of aryl methyl sites for hydroxylation is 1. The normalized spacial score (nSPS) is 14.2. The maximum absolute atomic E-state index is 11.8. The fraction of sp³-hybridized carbons (Fsp3) is 0.462. The number of hydrogen-bond acceptors (Lipinski definition) is 3. The molecule has 96 valence electrons. The number of carbonyl (C=O) groups excluding carboxylic acids is 2. The number of aromatic amines is 1. The molecule has 0 fully saturated rings. The zero-order valence-corrected chi connectivity index (χ0v) is 10.3. The van der Waals surface area contributed by atoms with E-state index in [1.54, 1.807) is 0 Å². The molecular weight excluding hydrogens is 232 g/mol. The average Bonchev–Trinajstić information content (AvgIpc) is 2.35. The lowest BCUT2D eigenvalue weighted by Gasteiger charge is -2.14. The van der Waals surface area contributed by atoms with Gasteiger partial charge in [-0.25, -0.2) is 0 Å². The molecule has 1 aromatic rings. The number of amides is 1. The fourth-order valence-electron chi connectivity index (χ4n) is 2.08. The van der Waals surface area contributed by atoms with Gasteiger partial charge in [-0.05, 0) is 25.3 Å². The van der Waals surface area contributed by atoms with Crippen LogP contribution in [0.2, 0.25) is 0 Å². The average molecular weight is 248 g/mol. The maximum atomic E-state index is 11.8. The van der Waals surface area contributed by atoms with Gasteiger partial charge in [-0.2, -0.15) is 0 Å². The van der Waals surface area contributed by atoms with Crippen molar-refractivity contribution in [2.24, 2.45) is 0 Å². The Morgan fingerprint density at radius 3 is 2.89 bits per heavy atom. The summed E-state index contributed by atoms with van der Waals surface area (Å²) in [5.41, 5.74) is 0.750. The number of pyridine rings is 1. The number of nitrogens with one attached hydrogen (secondary N) is 2. The van der Waals surface area contributed by atoms with Gasteiger partial charge in [0.1, 0.15) is 5.56 Å². The zero-order chi connectivity index (χ0) is 13.1. The van der Waals surface area contributed by atoms with Crippen LogP contribution in [0.3, 0.4) is 0 Å². The topological polar surface area (TPSA) is 79.0 Å². The molecule has 1 aromatic heterocycles. The molecule has 0 radical (unpaired) electrons. The quantitative estimate of drug-likeness (QED) is 0.838. The first-order valence-electron chi connectivity index (χ1n) is 6.21. The summed E-state index contributed by atoms with van der Waals surface area (Å²) >= 11 is 0. The minimum atomic E-state index is -0.419. The number of carbonyl (C=O) groups is 2. The van der Waals surface area contributed by atoms with Gasteiger partial charge < -0.3 is 10.3 Å². The number of aromatic nitrogens is 1. The van der Waals surface area contributed by atoms with Gasteiger partial charge in [0.25, 0.3) is 11.5 Å². The smallest absolute Gasteiger partial charge is 0.261 e. The Morgan fingerprint density at radius 1 is 1.39 bits per heavy atom. The van der Waals surface area contributed by atoms with Crippen molar-refractivity contribution >= 4 is 11.7 Å². The molecule has 1 heterocycles. The van der Waals surface area contributed by atoms with Crippen LogP contribution in [0.1, 0.15) is 52.6 Å². The Kier molecular flexibility index (Phi) is 3.60. The summed E-state index contributed by atoms with van der Waals surface area (Å²) in [4.78, 5) is 37.9.